The minimum Gasteiger partial charge on any atom is -0.399 e. The molecule has 0 aromatic heterocycles. The normalized spacial score (nSPS) is 19.7. The maximum absolute atomic E-state index is 13.0. The fourth-order valence-corrected chi connectivity index (χ4v) is 4.02. The predicted molar refractivity (Wildman–Crippen MR) is 122 cm³/mol. The molecule has 1 fully saturated rings. The molecule has 2 aliphatic rings. The molecule has 2 heterocycles. The van der Waals surface area contributed by atoms with E-state index in [0.29, 0.717) is 19.7 Å². The van der Waals surface area contributed by atoms with Crippen LogP contribution in [-0.4, -0.2) is 42.3 Å². The van der Waals surface area contributed by atoms with Crippen LogP contribution in [0, 0.1) is 0 Å². The van der Waals surface area contributed by atoms with Crippen molar-refractivity contribution in [1.82, 2.24) is 4.90 Å². The van der Waals surface area contributed by atoms with E-state index >= 15 is 0 Å². The highest BCUT2D eigenvalue weighted by Gasteiger charge is 2.52. The highest BCUT2D eigenvalue weighted by atomic mass is 16.7. The summed E-state index contributed by atoms with van der Waals surface area (Å²) in [5.74, 6) is 0.0366. The van der Waals surface area contributed by atoms with Crippen molar-refractivity contribution in [3.8, 4) is 0 Å². The van der Waals surface area contributed by atoms with Crippen molar-refractivity contribution >= 4 is 18.5 Å². The average molecular weight is 421 g/mol. The van der Waals surface area contributed by atoms with Gasteiger partial charge in [-0.05, 0) is 64.2 Å². The largest absolute Gasteiger partial charge is 0.494 e. The standard InChI is InChI=1S/C25H32BNO4/c1-23(2,19-10-8-7-9-11-19)29-15-14-27-17-18-12-13-20(16-21(18)22(27)28)26-30-24(3,4)25(5,6)31-26/h7-13,16H,14-15,17H2,1-6H3. The number of hydrogen-bond acceptors (Lipinski definition) is 4. The van der Waals surface area contributed by atoms with Gasteiger partial charge in [-0.1, -0.05) is 42.5 Å². The minimum atomic E-state index is -0.466. The molecule has 0 saturated carbocycles. The third-order valence-corrected chi connectivity index (χ3v) is 6.83. The number of hydrogen-bond donors (Lipinski definition) is 0. The number of rotatable bonds is 6. The van der Waals surface area contributed by atoms with Crippen LogP contribution in [0.4, 0.5) is 0 Å². The van der Waals surface area contributed by atoms with E-state index < -0.39 is 23.9 Å². The molecule has 2 aromatic carbocycles. The summed E-state index contributed by atoms with van der Waals surface area (Å²) in [6, 6.07) is 16.1. The summed E-state index contributed by atoms with van der Waals surface area (Å²) in [5, 5.41) is 0. The lowest BCUT2D eigenvalue weighted by Gasteiger charge is -2.32. The predicted octanol–water partition coefficient (Wildman–Crippen LogP) is 3.89. The van der Waals surface area contributed by atoms with Gasteiger partial charge < -0.3 is 18.9 Å². The molecule has 0 atom stereocenters. The molecular weight excluding hydrogens is 389 g/mol. The molecule has 31 heavy (non-hydrogen) atoms. The summed E-state index contributed by atoms with van der Waals surface area (Å²) in [6.07, 6.45) is 0. The Kier molecular flexibility index (Phi) is 5.53. The lowest BCUT2D eigenvalue weighted by Crippen LogP contribution is -2.41. The van der Waals surface area contributed by atoms with Crippen molar-refractivity contribution in [1.29, 1.82) is 0 Å². The SMILES string of the molecule is CC(C)(OCCN1Cc2ccc(B3OC(C)(C)C(C)(C)O3)cc2C1=O)c1ccccc1. The van der Waals surface area contributed by atoms with Gasteiger partial charge in [0.1, 0.15) is 0 Å². The van der Waals surface area contributed by atoms with E-state index in [1.54, 1.807) is 0 Å². The minimum absolute atomic E-state index is 0.0366. The smallest absolute Gasteiger partial charge is 0.399 e. The van der Waals surface area contributed by atoms with E-state index in [4.69, 9.17) is 14.0 Å². The molecule has 0 bridgehead atoms. The van der Waals surface area contributed by atoms with Gasteiger partial charge in [0.25, 0.3) is 5.91 Å². The fourth-order valence-electron chi connectivity index (χ4n) is 4.02. The van der Waals surface area contributed by atoms with Gasteiger partial charge in [-0.3, -0.25) is 4.79 Å². The first-order valence-electron chi connectivity index (χ1n) is 11.0. The number of ether oxygens (including phenoxy) is 1. The summed E-state index contributed by atoms with van der Waals surface area (Å²) in [7, 11) is -0.466. The molecule has 1 amide bonds. The number of benzene rings is 2. The van der Waals surface area contributed by atoms with Gasteiger partial charge in [-0.15, -0.1) is 0 Å². The Labute approximate surface area is 185 Å². The van der Waals surface area contributed by atoms with E-state index in [-0.39, 0.29) is 5.91 Å². The molecule has 4 rings (SSSR count). The van der Waals surface area contributed by atoms with Gasteiger partial charge in [-0.25, -0.2) is 0 Å². The van der Waals surface area contributed by atoms with Crippen molar-refractivity contribution in [2.24, 2.45) is 0 Å². The highest BCUT2D eigenvalue weighted by molar-refractivity contribution is 6.62. The topological polar surface area (TPSA) is 48.0 Å². The first-order chi connectivity index (χ1) is 14.5. The van der Waals surface area contributed by atoms with Gasteiger partial charge in [0.05, 0.1) is 23.4 Å². The van der Waals surface area contributed by atoms with E-state index in [2.05, 4.69) is 26.0 Å². The van der Waals surface area contributed by atoms with Crippen molar-refractivity contribution in [3.63, 3.8) is 0 Å². The van der Waals surface area contributed by atoms with Crippen molar-refractivity contribution < 1.29 is 18.8 Å². The van der Waals surface area contributed by atoms with E-state index in [1.807, 2.05) is 69.0 Å². The zero-order valence-electron chi connectivity index (χ0n) is 19.4. The first-order valence-corrected chi connectivity index (χ1v) is 11.0. The third kappa shape index (κ3) is 4.17. The van der Waals surface area contributed by atoms with Crippen LogP contribution in [0.2, 0.25) is 0 Å². The maximum Gasteiger partial charge on any atom is 0.494 e. The molecular formula is C25H32BNO4. The second-order valence-corrected chi connectivity index (χ2v) is 9.96. The van der Waals surface area contributed by atoms with E-state index in [1.165, 1.54) is 0 Å². The summed E-state index contributed by atoms with van der Waals surface area (Å²) >= 11 is 0. The number of fused-ring (bicyclic) bond motifs is 1. The van der Waals surface area contributed by atoms with Gasteiger partial charge in [-0.2, -0.15) is 0 Å². The van der Waals surface area contributed by atoms with E-state index in [0.717, 1.165) is 22.2 Å². The Hall–Kier alpha value is -2.15. The molecule has 0 N–H and O–H groups in total. The number of amides is 1. The lowest BCUT2D eigenvalue weighted by molar-refractivity contribution is -0.0288. The van der Waals surface area contributed by atoms with Crippen LogP contribution in [-0.2, 0) is 26.2 Å². The zero-order valence-corrected chi connectivity index (χ0v) is 19.4. The fraction of sp³-hybridized carbons (Fsp3) is 0.480. The second-order valence-electron chi connectivity index (χ2n) is 9.96. The van der Waals surface area contributed by atoms with Crippen molar-refractivity contribution in [3.05, 3.63) is 65.2 Å². The maximum atomic E-state index is 13.0. The summed E-state index contributed by atoms with van der Waals surface area (Å²) in [5.41, 5.74) is 2.56. The monoisotopic (exact) mass is 421 g/mol. The molecule has 2 aliphatic heterocycles. The van der Waals surface area contributed by atoms with Crippen molar-refractivity contribution in [2.45, 2.75) is 64.9 Å². The molecule has 2 aromatic rings. The van der Waals surface area contributed by atoms with Crippen LogP contribution in [0.5, 0.6) is 0 Å². The Morgan fingerprint density at radius 3 is 2.32 bits per heavy atom. The summed E-state index contributed by atoms with van der Waals surface area (Å²) in [6.45, 7) is 13.9. The molecule has 5 nitrogen and oxygen atoms in total. The highest BCUT2D eigenvalue weighted by Crippen LogP contribution is 2.36. The van der Waals surface area contributed by atoms with Crippen LogP contribution in [0.3, 0.4) is 0 Å². The first kappa shape index (κ1) is 22.1. The molecule has 0 spiro atoms. The molecule has 0 unspecified atom stereocenters. The van der Waals surface area contributed by atoms with Crippen LogP contribution in [0.1, 0.15) is 63.0 Å². The van der Waals surface area contributed by atoms with Crippen LogP contribution in [0.15, 0.2) is 48.5 Å². The Morgan fingerprint density at radius 2 is 1.68 bits per heavy atom. The van der Waals surface area contributed by atoms with Crippen LogP contribution >= 0.6 is 0 Å². The second kappa shape index (κ2) is 7.77. The number of nitrogens with zero attached hydrogens (tertiary/aromatic N) is 1. The Balaban J connectivity index is 1.40. The van der Waals surface area contributed by atoms with Gasteiger partial charge in [0, 0.05) is 18.7 Å². The Bertz CT molecular complexity index is 955. The van der Waals surface area contributed by atoms with Gasteiger partial charge in [0.15, 0.2) is 0 Å². The molecule has 0 radical (unpaired) electrons. The lowest BCUT2D eigenvalue weighted by atomic mass is 9.78. The van der Waals surface area contributed by atoms with E-state index in [9.17, 15) is 4.79 Å². The number of carbonyl (C=O) groups excluding carboxylic acids is 1. The third-order valence-electron chi connectivity index (χ3n) is 6.83. The molecule has 6 heteroatoms. The Morgan fingerprint density at radius 1 is 1.03 bits per heavy atom. The average Bonchev–Trinajstić information content (AvgIpc) is 3.14. The molecule has 1 saturated heterocycles. The van der Waals surface area contributed by atoms with Crippen LogP contribution < -0.4 is 5.46 Å². The number of carbonyl (C=O) groups is 1. The summed E-state index contributed by atoms with van der Waals surface area (Å²) in [4.78, 5) is 14.9. The molecule has 0 aliphatic carbocycles. The molecule has 164 valence electrons. The van der Waals surface area contributed by atoms with Crippen LogP contribution in [0.25, 0.3) is 0 Å². The quantitative estimate of drug-likeness (QED) is 0.664. The van der Waals surface area contributed by atoms with Gasteiger partial charge >= 0.3 is 7.12 Å². The van der Waals surface area contributed by atoms with Gasteiger partial charge in [0.2, 0.25) is 0 Å². The summed E-state index contributed by atoms with van der Waals surface area (Å²) < 4.78 is 18.4. The zero-order chi connectivity index (χ0) is 22.4. The van der Waals surface area contributed by atoms with Crippen molar-refractivity contribution in [2.75, 3.05) is 13.2 Å².